The number of anilines is 1. The summed E-state index contributed by atoms with van der Waals surface area (Å²) in [6.07, 6.45) is 0. The van der Waals surface area contributed by atoms with Gasteiger partial charge in [-0.15, -0.1) is 0 Å². The molecule has 2 aromatic rings. The third kappa shape index (κ3) is 3.35. The van der Waals surface area contributed by atoms with Crippen LogP contribution in [0.5, 0.6) is 5.75 Å². The highest BCUT2D eigenvalue weighted by Gasteiger charge is 2.05. The van der Waals surface area contributed by atoms with Crippen LogP contribution in [0.4, 0.5) is 10.1 Å². The standard InChI is InChI=1S/C16H17FN2O/c1-11-5-4-6-14(9-11)19-18-12(2)13-7-8-16(20-3)15(17)10-13/h4-10,19H,1-3H3/b18-12-. The van der Waals surface area contributed by atoms with Crippen molar-refractivity contribution in [3.05, 3.63) is 59.4 Å². The number of hydrogen-bond donors (Lipinski definition) is 1. The largest absolute Gasteiger partial charge is 0.494 e. The van der Waals surface area contributed by atoms with Crippen molar-refractivity contribution in [2.75, 3.05) is 12.5 Å². The third-order valence-electron chi connectivity index (χ3n) is 2.94. The molecule has 2 aromatic carbocycles. The zero-order valence-corrected chi connectivity index (χ0v) is 11.8. The summed E-state index contributed by atoms with van der Waals surface area (Å²) < 4.78 is 18.5. The minimum absolute atomic E-state index is 0.230. The highest BCUT2D eigenvalue weighted by molar-refractivity contribution is 5.99. The summed E-state index contributed by atoms with van der Waals surface area (Å²) in [5.41, 5.74) is 6.43. The average Bonchev–Trinajstić information content (AvgIpc) is 2.44. The minimum atomic E-state index is -0.393. The van der Waals surface area contributed by atoms with E-state index in [1.807, 2.05) is 38.1 Å². The molecule has 4 heteroatoms. The van der Waals surface area contributed by atoms with Crippen LogP contribution in [0.3, 0.4) is 0 Å². The van der Waals surface area contributed by atoms with Gasteiger partial charge in [-0.1, -0.05) is 12.1 Å². The molecule has 0 spiro atoms. The Morgan fingerprint density at radius 3 is 2.65 bits per heavy atom. The summed E-state index contributed by atoms with van der Waals surface area (Å²) in [6.45, 7) is 3.84. The second kappa shape index (κ2) is 6.19. The number of nitrogens with zero attached hydrogens (tertiary/aromatic N) is 1. The lowest BCUT2D eigenvalue weighted by molar-refractivity contribution is 0.386. The normalized spacial score (nSPS) is 11.3. The smallest absolute Gasteiger partial charge is 0.165 e. The molecule has 20 heavy (non-hydrogen) atoms. The van der Waals surface area contributed by atoms with Gasteiger partial charge in [0.2, 0.25) is 0 Å². The number of methoxy groups -OCH3 is 1. The molecule has 0 bridgehead atoms. The second-order valence-electron chi connectivity index (χ2n) is 4.53. The summed E-state index contributed by atoms with van der Waals surface area (Å²) in [7, 11) is 1.44. The molecule has 0 amide bonds. The van der Waals surface area contributed by atoms with Crippen LogP contribution in [0, 0.1) is 12.7 Å². The Morgan fingerprint density at radius 1 is 1.20 bits per heavy atom. The van der Waals surface area contributed by atoms with Gasteiger partial charge in [0.05, 0.1) is 18.5 Å². The summed E-state index contributed by atoms with van der Waals surface area (Å²) in [5.74, 6) is -0.164. The Hall–Kier alpha value is -2.36. The molecular weight excluding hydrogens is 255 g/mol. The van der Waals surface area contributed by atoms with Gasteiger partial charge >= 0.3 is 0 Å². The fraction of sp³-hybridized carbons (Fsp3) is 0.188. The van der Waals surface area contributed by atoms with Crippen LogP contribution in [-0.2, 0) is 0 Å². The van der Waals surface area contributed by atoms with Gasteiger partial charge in [-0.3, -0.25) is 5.43 Å². The number of ether oxygens (including phenoxy) is 1. The molecule has 0 aliphatic heterocycles. The number of hydrogen-bond acceptors (Lipinski definition) is 3. The topological polar surface area (TPSA) is 33.6 Å². The summed E-state index contributed by atoms with van der Waals surface area (Å²) >= 11 is 0. The first-order chi connectivity index (χ1) is 9.60. The van der Waals surface area contributed by atoms with E-state index in [1.165, 1.54) is 13.2 Å². The molecule has 0 aromatic heterocycles. The van der Waals surface area contributed by atoms with Crippen LogP contribution in [0.15, 0.2) is 47.6 Å². The molecule has 0 atom stereocenters. The Balaban J connectivity index is 2.16. The van der Waals surface area contributed by atoms with E-state index in [1.54, 1.807) is 12.1 Å². The minimum Gasteiger partial charge on any atom is -0.494 e. The molecule has 0 saturated carbocycles. The van der Waals surface area contributed by atoms with Crippen molar-refractivity contribution in [2.45, 2.75) is 13.8 Å². The summed E-state index contributed by atoms with van der Waals surface area (Å²) in [6, 6.07) is 12.7. The van der Waals surface area contributed by atoms with Crippen molar-refractivity contribution in [2.24, 2.45) is 5.10 Å². The number of halogens is 1. The Bertz CT molecular complexity index is 638. The van der Waals surface area contributed by atoms with Gasteiger partial charge in [0.25, 0.3) is 0 Å². The monoisotopic (exact) mass is 272 g/mol. The van der Waals surface area contributed by atoms with Gasteiger partial charge < -0.3 is 4.74 Å². The molecule has 0 aliphatic rings. The van der Waals surface area contributed by atoms with Crippen molar-refractivity contribution in [1.82, 2.24) is 0 Å². The van der Waals surface area contributed by atoms with E-state index >= 15 is 0 Å². The van der Waals surface area contributed by atoms with Gasteiger partial charge in [0.15, 0.2) is 11.6 Å². The summed E-state index contributed by atoms with van der Waals surface area (Å²) in [5, 5.41) is 4.26. The van der Waals surface area contributed by atoms with Crippen LogP contribution in [-0.4, -0.2) is 12.8 Å². The molecule has 1 N–H and O–H groups in total. The van der Waals surface area contributed by atoms with Crippen LogP contribution in [0.25, 0.3) is 0 Å². The molecule has 0 heterocycles. The fourth-order valence-electron chi connectivity index (χ4n) is 1.82. The van der Waals surface area contributed by atoms with E-state index in [2.05, 4.69) is 10.5 Å². The van der Waals surface area contributed by atoms with Crippen molar-refractivity contribution < 1.29 is 9.13 Å². The highest BCUT2D eigenvalue weighted by atomic mass is 19.1. The van der Waals surface area contributed by atoms with Crippen molar-refractivity contribution in [3.63, 3.8) is 0 Å². The zero-order valence-electron chi connectivity index (χ0n) is 11.8. The molecular formula is C16H17FN2O. The molecule has 0 aliphatic carbocycles. The zero-order chi connectivity index (χ0) is 14.5. The SMILES string of the molecule is COc1ccc(/C(C)=N\Nc2cccc(C)c2)cc1F. The lowest BCUT2D eigenvalue weighted by Gasteiger charge is -2.06. The fourth-order valence-corrected chi connectivity index (χ4v) is 1.82. The lowest BCUT2D eigenvalue weighted by atomic mass is 10.1. The molecule has 0 saturated heterocycles. The van der Waals surface area contributed by atoms with Gasteiger partial charge in [0.1, 0.15) is 0 Å². The second-order valence-corrected chi connectivity index (χ2v) is 4.53. The maximum Gasteiger partial charge on any atom is 0.165 e. The first kappa shape index (κ1) is 14.1. The van der Waals surface area contributed by atoms with Crippen molar-refractivity contribution in [3.8, 4) is 5.75 Å². The molecule has 3 nitrogen and oxygen atoms in total. The van der Waals surface area contributed by atoms with Crippen LogP contribution >= 0.6 is 0 Å². The van der Waals surface area contributed by atoms with Crippen LogP contribution in [0.1, 0.15) is 18.1 Å². The maximum atomic E-state index is 13.6. The van der Waals surface area contributed by atoms with E-state index in [0.29, 0.717) is 11.3 Å². The molecule has 0 radical (unpaired) electrons. The van der Waals surface area contributed by atoms with E-state index in [4.69, 9.17) is 4.74 Å². The van der Waals surface area contributed by atoms with E-state index in [-0.39, 0.29) is 5.75 Å². The number of rotatable bonds is 4. The molecule has 0 unspecified atom stereocenters. The first-order valence-corrected chi connectivity index (χ1v) is 6.31. The van der Waals surface area contributed by atoms with Crippen LogP contribution < -0.4 is 10.2 Å². The Kier molecular flexibility index (Phi) is 4.35. The maximum absolute atomic E-state index is 13.6. The third-order valence-corrected chi connectivity index (χ3v) is 2.94. The lowest BCUT2D eigenvalue weighted by Crippen LogP contribution is -2.01. The number of benzene rings is 2. The molecule has 2 rings (SSSR count). The van der Waals surface area contributed by atoms with Gasteiger partial charge in [-0.25, -0.2) is 4.39 Å². The number of nitrogens with one attached hydrogen (secondary N) is 1. The Labute approximate surface area is 118 Å². The molecule has 0 fully saturated rings. The predicted octanol–water partition coefficient (Wildman–Crippen LogP) is 3.98. The number of aryl methyl sites for hydroxylation is 1. The van der Waals surface area contributed by atoms with E-state index in [0.717, 1.165) is 11.3 Å². The van der Waals surface area contributed by atoms with Gasteiger partial charge in [-0.05, 0) is 49.7 Å². The first-order valence-electron chi connectivity index (χ1n) is 6.31. The summed E-state index contributed by atoms with van der Waals surface area (Å²) in [4.78, 5) is 0. The predicted molar refractivity (Wildman–Crippen MR) is 80.0 cm³/mol. The van der Waals surface area contributed by atoms with E-state index < -0.39 is 5.82 Å². The van der Waals surface area contributed by atoms with Gasteiger partial charge in [-0.2, -0.15) is 5.10 Å². The molecule has 104 valence electrons. The Morgan fingerprint density at radius 2 is 2.00 bits per heavy atom. The van der Waals surface area contributed by atoms with E-state index in [9.17, 15) is 4.39 Å². The van der Waals surface area contributed by atoms with Crippen molar-refractivity contribution in [1.29, 1.82) is 0 Å². The van der Waals surface area contributed by atoms with Crippen LogP contribution in [0.2, 0.25) is 0 Å². The highest BCUT2D eigenvalue weighted by Crippen LogP contribution is 2.18. The van der Waals surface area contributed by atoms with Crippen molar-refractivity contribution >= 4 is 11.4 Å². The number of hydrazone groups is 1. The quantitative estimate of drug-likeness (QED) is 0.674. The average molecular weight is 272 g/mol. The van der Waals surface area contributed by atoms with Gasteiger partial charge in [0, 0.05) is 5.56 Å².